The summed E-state index contributed by atoms with van der Waals surface area (Å²) in [6, 6.07) is 0. The number of rotatable bonds is 0. The van der Waals surface area contributed by atoms with Crippen molar-refractivity contribution in [1.29, 1.82) is 0 Å². The van der Waals surface area contributed by atoms with E-state index in [4.69, 9.17) is 5.11 Å². The Kier molecular flexibility index (Phi) is 44.7. The fourth-order valence-electron chi connectivity index (χ4n) is 0. The molecule has 0 unspecified atom stereocenters. The van der Waals surface area contributed by atoms with Crippen molar-refractivity contribution in [3.05, 3.63) is 0 Å². The smallest absolute Gasteiger partial charge is 0.211 e. The van der Waals surface area contributed by atoms with Crippen molar-refractivity contribution in [1.82, 2.24) is 0 Å². The number of aliphatic hydroxyl groups is 1. The minimum Gasteiger partial charge on any atom is -0.400 e. The summed E-state index contributed by atoms with van der Waals surface area (Å²) < 4.78 is 0. The lowest BCUT2D eigenvalue weighted by molar-refractivity contribution is 0.399. The van der Waals surface area contributed by atoms with Crippen LogP contribution in [0.2, 0.25) is 5.28 Å². The molecule has 2 heteroatoms. The van der Waals surface area contributed by atoms with E-state index in [0.717, 1.165) is 7.11 Å². The van der Waals surface area contributed by atoms with E-state index in [1.807, 2.05) is 0 Å². The SMILES string of the molecule is CO.C[CH2][AlH2]. The first-order chi connectivity index (χ1) is 2.41. The van der Waals surface area contributed by atoms with Crippen LogP contribution in [0.25, 0.3) is 0 Å². The van der Waals surface area contributed by atoms with Gasteiger partial charge in [0, 0.05) is 7.11 Å². The van der Waals surface area contributed by atoms with E-state index in [9.17, 15) is 0 Å². The van der Waals surface area contributed by atoms with Crippen LogP contribution in [0.3, 0.4) is 0 Å². The summed E-state index contributed by atoms with van der Waals surface area (Å²) in [5.74, 6) is 0. The molecule has 0 aromatic rings. The molecule has 0 aromatic carbocycles. The van der Waals surface area contributed by atoms with Gasteiger partial charge in [0.1, 0.15) is 0 Å². The van der Waals surface area contributed by atoms with Crippen molar-refractivity contribution in [2.45, 2.75) is 12.2 Å². The highest BCUT2D eigenvalue weighted by Gasteiger charge is 1.41. The Morgan fingerprint density at radius 2 is 1.60 bits per heavy atom. The Morgan fingerprint density at radius 1 is 1.60 bits per heavy atom. The predicted octanol–water partition coefficient (Wildman–Crippen LogP) is -0.334. The second-order valence-corrected chi connectivity index (χ2v) is 2.12. The van der Waals surface area contributed by atoms with Gasteiger partial charge in [-0.2, -0.15) is 0 Å². The van der Waals surface area contributed by atoms with Gasteiger partial charge in [0.2, 0.25) is 16.3 Å². The van der Waals surface area contributed by atoms with Gasteiger partial charge >= 0.3 is 0 Å². The van der Waals surface area contributed by atoms with E-state index >= 15 is 0 Å². The summed E-state index contributed by atoms with van der Waals surface area (Å²) in [7, 11) is 1.00. The molecule has 0 saturated heterocycles. The molecule has 0 bridgehead atoms. The van der Waals surface area contributed by atoms with Gasteiger partial charge in [-0.25, -0.2) is 0 Å². The van der Waals surface area contributed by atoms with Crippen LogP contribution < -0.4 is 0 Å². The Balaban J connectivity index is 0. The molecule has 0 aromatic heterocycles. The van der Waals surface area contributed by atoms with E-state index in [0.29, 0.717) is 0 Å². The average molecular weight is 90.1 g/mol. The van der Waals surface area contributed by atoms with Crippen LogP contribution in [-0.2, 0) is 0 Å². The molecule has 0 atom stereocenters. The predicted molar refractivity (Wildman–Crippen MR) is 27.2 cm³/mol. The lowest BCUT2D eigenvalue weighted by atomic mass is 11.0. The number of hydrogen-bond donors (Lipinski definition) is 1. The van der Waals surface area contributed by atoms with Crippen molar-refractivity contribution < 1.29 is 5.11 Å². The molecule has 1 N–H and O–H groups in total. The number of aliphatic hydroxyl groups excluding tert-OH is 1. The van der Waals surface area contributed by atoms with Crippen molar-refractivity contribution in [3.8, 4) is 0 Å². The highest BCUT2D eigenvalue weighted by atomic mass is 27.0. The molecular formula is C3H11AlO. The van der Waals surface area contributed by atoms with Gasteiger partial charge in [-0.15, -0.1) is 5.28 Å². The molecule has 0 aliphatic carbocycles. The average Bonchev–Trinajstić information content (AvgIpc) is 1.46. The molecule has 0 radical (unpaired) electrons. The Hall–Kier alpha value is 0.492. The van der Waals surface area contributed by atoms with Gasteiger partial charge in [-0.3, -0.25) is 0 Å². The second-order valence-electron chi connectivity index (χ2n) is 0.707. The number of hydrogen-bond acceptors (Lipinski definition) is 1. The molecule has 0 rings (SSSR count). The van der Waals surface area contributed by atoms with Crippen LogP contribution in [0.1, 0.15) is 6.92 Å². The normalized spacial score (nSPS) is 4.60. The first-order valence-electron chi connectivity index (χ1n) is 1.86. The molecule has 5 heavy (non-hydrogen) atoms. The standard InChI is InChI=1S/C2H5.CH4O.Al.2H/c2*1-2;;;/h1H2,2H3;2H,1H3;;;. The second kappa shape index (κ2) is 24.6. The van der Waals surface area contributed by atoms with Crippen molar-refractivity contribution in [2.24, 2.45) is 0 Å². The van der Waals surface area contributed by atoms with Crippen LogP contribution in [0.15, 0.2) is 0 Å². The summed E-state index contributed by atoms with van der Waals surface area (Å²) >= 11 is 1.37. The van der Waals surface area contributed by atoms with Crippen LogP contribution in [0, 0.1) is 0 Å². The van der Waals surface area contributed by atoms with Crippen LogP contribution in [0.5, 0.6) is 0 Å². The fraction of sp³-hybridized carbons (Fsp3) is 1.00. The van der Waals surface area contributed by atoms with Crippen LogP contribution in [0.4, 0.5) is 0 Å². The minimum atomic E-state index is 1.00. The van der Waals surface area contributed by atoms with E-state index in [1.165, 1.54) is 21.6 Å². The summed E-state index contributed by atoms with van der Waals surface area (Å²) in [6.07, 6.45) is 0. The molecule has 1 nitrogen and oxygen atoms in total. The zero-order valence-corrected chi connectivity index (χ0v) is 6.15. The van der Waals surface area contributed by atoms with E-state index in [-0.39, 0.29) is 0 Å². The summed E-state index contributed by atoms with van der Waals surface area (Å²) in [5, 5.41) is 8.39. The molecule has 0 heterocycles. The molecule has 0 amide bonds. The molecule has 0 spiro atoms. The van der Waals surface area contributed by atoms with Gasteiger partial charge in [0.15, 0.2) is 0 Å². The van der Waals surface area contributed by atoms with Crippen molar-refractivity contribution in [3.63, 3.8) is 0 Å². The molecule has 0 aliphatic heterocycles. The topological polar surface area (TPSA) is 20.2 Å². The fourth-order valence-corrected chi connectivity index (χ4v) is 0. The highest BCUT2D eigenvalue weighted by Crippen LogP contribution is 1.49. The maximum absolute atomic E-state index is 7.00. The van der Waals surface area contributed by atoms with Gasteiger partial charge < -0.3 is 5.11 Å². The lowest BCUT2D eigenvalue weighted by Crippen LogP contribution is -1.41. The molecule has 0 fully saturated rings. The van der Waals surface area contributed by atoms with Gasteiger partial charge in [0.25, 0.3) is 0 Å². The van der Waals surface area contributed by atoms with E-state index < -0.39 is 0 Å². The zero-order chi connectivity index (χ0) is 4.71. The first kappa shape index (κ1) is 9.09. The Morgan fingerprint density at radius 3 is 1.60 bits per heavy atom. The molecule has 32 valence electrons. The van der Waals surface area contributed by atoms with E-state index in [1.54, 1.807) is 0 Å². The Labute approximate surface area is 41.4 Å². The largest absolute Gasteiger partial charge is 0.400 e. The van der Waals surface area contributed by atoms with E-state index in [2.05, 4.69) is 6.92 Å². The summed E-state index contributed by atoms with van der Waals surface area (Å²) in [5.41, 5.74) is 0. The molecular weight excluding hydrogens is 79.0 g/mol. The maximum Gasteiger partial charge on any atom is 0.211 e. The highest BCUT2D eigenvalue weighted by molar-refractivity contribution is 6.08. The molecule has 0 aliphatic rings. The monoisotopic (exact) mass is 90.1 g/mol. The third-order valence-electron chi connectivity index (χ3n) is 0. The van der Waals surface area contributed by atoms with Gasteiger partial charge in [-0.1, -0.05) is 6.92 Å². The first-order valence-corrected chi connectivity index (χ1v) is 3.28. The quantitative estimate of drug-likeness (QED) is 0.404. The van der Waals surface area contributed by atoms with Gasteiger partial charge in [-0.05, 0) is 0 Å². The Bertz CT molecular complexity index is 6.85. The molecule has 0 saturated carbocycles. The summed E-state index contributed by atoms with van der Waals surface area (Å²) in [6.45, 7) is 2.19. The third-order valence-corrected chi connectivity index (χ3v) is 0. The minimum absolute atomic E-state index is 1.00. The van der Waals surface area contributed by atoms with Crippen molar-refractivity contribution >= 4 is 16.3 Å². The third kappa shape index (κ3) is 115. The lowest BCUT2D eigenvalue weighted by Gasteiger charge is -1.44. The van der Waals surface area contributed by atoms with Gasteiger partial charge in [0.05, 0.1) is 0 Å². The van der Waals surface area contributed by atoms with Crippen LogP contribution >= 0.6 is 0 Å². The zero-order valence-electron chi connectivity index (χ0n) is 4.15. The summed E-state index contributed by atoms with van der Waals surface area (Å²) in [4.78, 5) is 0. The van der Waals surface area contributed by atoms with Crippen molar-refractivity contribution in [2.75, 3.05) is 7.11 Å². The maximum atomic E-state index is 7.00. The van der Waals surface area contributed by atoms with Crippen LogP contribution in [-0.4, -0.2) is 28.5 Å².